The largest absolute Gasteiger partial charge is 0.509 e. The second kappa shape index (κ2) is 17.6. The molecule has 0 spiro atoms. The third-order valence-corrected chi connectivity index (χ3v) is 13.9. The maximum atomic E-state index is 6.74. The predicted molar refractivity (Wildman–Crippen MR) is 279 cm³/mol. The predicted octanol–water partition coefficient (Wildman–Crippen LogP) is 16.2. The van der Waals surface area contributed by atoms with Crippen LogP contribution in [0.4, 0.5) is 22.7 Å². The first-order valence-electron chi connectivity index (χ1n) is 23.4. The molecule has 0 amide bonds. The van der Waals surface area contributed by atoms with Crippen molar-refractivity contribution in [2.75, 3.05) is 9.80 Å². The van der Waals surface area contributed by atoms with Crippen LogP contribution in [0.25, 0.3) is 27.6 Å². The summed E-state index contributed by atoms with van der Waals surface area (Å²) < 4.78 is 8.95. The van der Waals surface area contributed by atoms with Crippen LogP contribution in [-0.4, -0.2) is 9.55 Å². The molecule has 0 fully saturated rings. The van der Waals surface area contributed by atoms with Crippen molar-refractivity contribution < 1.29 is 25.8 Å². The Morgan fingerprint density at radius 2 is 1.10 bits per heavy atom. The van der Waals surface area contributed by atoms with Gasteiger partial charge in [0.05, 0.1) is 0 Å². The van der Waals surface area contributed by atoms with Gasteiger partial charge in [0.15, 0.2) is 0 Å². The monoisotopic (exact) mass is 1070 g/mol. The van der Waals surface area contributed by atoms with Crippen molar-refractivity contribution in [3.63, 3.8) is 0 Å². The molecule has 0 radical (unpaired) electrons. The summed E-state index contributed by atoms with van der Waals surface area (Å²) in [7, 11) is 0. The normalized spacial score (nSPS) is 13.2. The molecule has 1 aliphatic rings. The van der Waals surface area contributed by atoms with Crippen molar-refractivity contribution in [2.24, 2.45) is 0 Å². The molecule has 0 bridgehead atoms. The Bertz CT molecular complexity index is 3280. The number of fused-ring (bicyclic) bond motifs is 4. The van der Waals surface area contributed by atoms with Gasteiger partial charge in [0.1, 0.15) is 5.82 Å². The van der Waals surface area contributed by atoms with E-state index in [4.69, 9.17) is 9.72 Å². The number of para-hydroxylation sites is 1. The summed E-state index contributed by atoms with van der Waals surface area (Å²) in [5.74, 6) is 2.03. The smallest absolute Gasteiger partial charge is 0.135 e. The fraction of sp³-hybridized carbons (Fsp3) is 0.226. The van der Waals surface area contributed by atoms with Gasteiger partial charge in [-0.2, -0.15) is 12.1 Å². The van der Waals surface area contributed by atoms with Crippen LogP contribution in [0.3, 0.4) is 0 Å². The molecule has 0 saturated carbocycles. The first kappa shape index (κ1) is 46.7. The number of hydrogen-bond donors (Lipinski definition) is 0. The number of ether oxygens (including phenoxy) is 1. The number of aromatic nitrogens is 2. The van der Waals surface area contributed by atoms with Crippen LogP contribution in [-0.2, 0) is 42.7 Å². The maximum Gasteiger partial charge on any atom is 0.135 e. The minimum atomic E-state index is -0.228. The van der Waals surface area contributed by atoms with Gasteiger partial charge in [-0.25, -0.2) is 4.98 Å². The zero-order chi connectivity index (χ0) is 46.9. The Morgan fingerprint density at radius 3 is 1.79 bits per heavy atom. The molecule has 3 heterocycles. The molecule has 0 atom stereocenters. The van der Waals surface area contributed by atoms with Gasteiger partial charge in [-0.05, 0) is 92.1 Å². The van der Waals surface area contributed by atoms with Crippen molar-refractivity contribution in [1.82, 2.24) is 9.55 Å². The molecule has 68 heavy (non-hydrogen) atoms. The van der Waals surface area contributed by atoms with E-state index < -0.39 is 0 Å². The van der Waals surface area contributed by atoms with Crippen molar-refractivity contribution in [3.8, 4) is 17.3 Å². The van der Waals surface area contributed by atoms with Crippen LogP contribution in [0.2, 0.25) is 0 Å². The molecule has 6 heteroatoms. The van der Waals surface area contributed by atoms with E-state index in [1.807, 2.05) is 24.4 Å². The van der Waals surface area contributed by atoms with E-state index in [2.05, 4.69) is 248 Å². The van der Waals surface area contributed by atoms with Crippen LogP contribution in [0.1, 0.15) is 103 Å². The second-order valence-electron chi connectivity index (χ2n) is 21.2. The summed E-state index contributed by atoms with van der Waals surface area (Å²) in [6.07, 6.45) is 1.92. The number of benzene rings is 7. The number of pyridine rings is 1. The summed E-state index contributed by atoms with van der Waals surface area (Å²) >= 11 is 0. The first-order chi connectivity index (χ1) is 32.0. The zero-order valence-electron chi connectivity index (χ0n) is 40.8. The van der Waals surface area contributed by atoms with Gasteiger partial charge < -0.3 is 19.1 Å². The van der Waals surface area contributed by atoms with Crippen molar-refractivity contribution in [1.29, 1.82) is 0 Å². The SMILES string of the molecule is CC(C)(C)c1cc(N2[CH-]N(c3[c-]c(Oc4[c-]c5c(cc4)c4ccccc4n5-c4cc(C(C)(C)c5ccccc5)ccn4)ccc3)c3cc(C(C)(C)C)ccc32)cc(C(C)(C)c2ccccc2)c1.[Pt]. The Balaban J connectivity index is 0.00000578. The van der Waals surface area contributed by atoms with E-state index in [9.17, 15) is 0 Å². The molecular weight excluding hydrogens is 1010 g/mol. The van der Waals surface area contributed by atoms with E-state index >= 15 is 0 Å². The molecule has 5 nitrogen and oxygen atoms in total. The maximum absolute atomic E-state index is 6.74. The van der Waals surface area contributed by atoms with Crippen LogP contribution in [0.5, 0.6) is 11.5 Å². The van der Waals surface area contributed by atoms with E-state index in [1.165, 1.54) is 33.4 Å². The van der Waals surface area contributed by atoms with Crippen LogP contribution < -0.4 is 14.5 Å². The van der Waals surface area contributed by atoms with Crippen LogP contribution >= 0.6 is 0 Å². The molecule has 10 rings (SSSR count). The minimum absolute atomic E-state index is 0. The number of anilines is 4. The number of hydrogen-bond acceptors (Lipinski definition) is 4. The summed E-state index contributed by atoms with van der Waals surface area (Å²) in [6.45, 7) is 25.1. The number of nitrogens with zero attached hydrogens (tertiary/aromatic N) is 4. The Kier molecular flexibility index (Phi) is 12.1. The summed E-state index contributed by atoms with van der Waals surface area (Å²) in [4.78, 5) is 9.55. The molecular formula is C62H59N4OPt-3. The van der Waals surface area contributed by atoms with E-state index in [0.29, 0.717) is 11.5 Å². The van der Waals surface area contributed by atoms with Gasteiger partial charge in [-0.15, -0.1) is 48.1 Å². The van der Waals surface area contributed by atoms with Crippen LogP contribution in [0.15, 0.2) is 170 Å². The molecule has 0 unspecified atom stereocenters. The fourth-order valence-electron chi connectivity index (χ4n) is 9.47. The Hall–Kier alpha value is -6.42. The summed E-state index contributed by atoms with van der Waals surface area (Å²) in [5, 5.41) is 2.22. The number of rotatable bonds is 9. The molecule has 0 N–H and O–H groups in total. The topological polar surface area (TPSA) is 33.5 Å². The van der Waals surface area contributed by atoms with Gasteiger partial charge in [0.25, 0.3) is 0 Å². The average Bonchev–Trinajstić information content (AvgIpc) is 3.87. The summed E-state index contributed by atoms with van der Waals surface area (Å²) in [6, 6.07) is 65.9. The third-order valence-electron chi connectivity index (χ3n) is 13.9. The Morgan fingerprint density at radius 1 is 0.471 bits per heavy atom. The third kappa shape index (κ3) is 8.56. The van der Waals surface area contributed by atoms with Crippen molar-refractivity contribution >= 4 is 44.6 Å². The van der Waals surface area contributed by atoms with Crippen molar-refractivity contribution in [3.05, 3.63) is 222 Å². The second-order valence-corrected chi connectivity index (χ2v) is 21.2. The van der Waals surface area contributed by atoms with Gasteiger partial charge in [0, 0.05) is 72.2 Å². The molecule has 2 aromatic heterocycles. The minimum Gasteiger partial charge on any atom is -0.509 e. The van der Waals surface area contributed by atoms with Crippen molar-refractivity contribution in [2.45, 2.75) is 90.9 Å². The van der Waals surface area contributed by atoms with E-state index in [-0.39, 0.29) is 42.7 Å². The standard InChI is InChI=1S/C62H59N4O.Pt/c1-59(2,3)44-28-31-55-57(37-44)64(41-65(55)49-35-46(60(4,5)6)34-47(36-49)62(9,10)43-22-15-12-16-23-43)48-24-19-25-50(39-48)67-51-29-30-53-52-26-17-18-27-54(52)66(56(53)40-51)58-38-45(32-33-63-58)61(7,8)42-20-13-11-14-21-42;/h11-38,41H,1-10H3;/q-3;. The quantitative estimate of drug-likeness (QED) is 0.135. The first-order valence-corrected chi connectivity index (χ1v) is 23.4. The molecule has 9 aromatic rings. The van der Waals surface area contributed by atoms with Gasteiger partial charge >= 0.3 is 0 Å². The van der Waals surface area contributed by atoms with Crippen LogP contribution in [0, 0.1) is 18.8 Å². The van der Waals surface area contributed by atoms with Gasteiger partial charge in [-0.1, -0.05) is 166 Å². The Labute approximate surface area is 417 Å². The fourth-order valence-corrected chi connectivity index (χ4v) is 9.47. The van der Waals surface area contributed by atoms with Gasteiger partial charge in [-0.3, -0.25) is 0 Å². The van der Waals surface area contributed by atoms with E-state index in [0.717, 1.165) is 50.4 Å². The average molecular weight is 1070 g/mol. The van der Waals surface area contributed by atoms with E-state index in [1.54, 1.807) is 0 Å². The van der Waals surface area contributed by atoms with Gasteiger partial charge in [0.2, 0.25) is 0 Å². The molecule has 7 aromatic carbocycles. The molecule has 0 aliphatic carbocycles. The zero-order valence-corrected chi connectivity index (χ0v) is 43.0. The molecule has 1 aliphatic heterocycles. The summed E-state index contributed by atoms with van der Waals surface area (Å²) in [5.41, 5.74) is 13.1. The molecule has 0 saturated heterocycles. The molecule has 346 valence electrons.